The Morgan fingerprint density at radius 2 is 2.20 bits per heavy atom. The zero-order valence-corrected chi connectivity index (χ0v) is 3.76. The van der Waals surface area contributed by atoms with Crippen molar-refractivity contribution in [1.29, 1.82) is 0 Å². The summed E-state index contributed by atoms with van der Waals surface area (Å²) in [6.45, 7) is 1.53. The Labute approximate surface area is 32.0 Å². The molecule has 0 unspecified atom stereocenters. The van der Waals surface area contributed by atoms with Gasteiger partial charge in [0, 0.05) is 6.55 Å². The normalized spacial score (nSPS) is 7.40. The molecular weight excluding hydrogens is 86.1 g/mol. The van der Waals surface area contributed by atoms with Crippen LogP contribution < -0.4 is 0 Å². The lowest BCUT2D eigenvalue weighted by Gasteiger charge is -1.71. The largest absolute Gasteiger partial charge is 0.551 e. The molecule has 4 heteroatoms. The van der Waals surface area contributed by atoms with Gasteiger partial charge in [-0.1, -0.05) is 4.59 Å². The van der Waals surface area contributed by atoms with E-state index in [0.717, 1.165) is 0 Å². The zero-order chi connectivity index (χ0) is 4.28. The standard InChI is InChI=1S/CH3NO2Si/c1-5-2(3)4/h1H3. The first-order valence-corrected chi connectivity index (χ1v) is 2.54. The minimum absolute atomic E-state index is 0.164. The summed E-state index contributed by atoms with van der Waals surface area (Å²) in [6, 6.07) is 0. The Kier molecular flexibility index (Phi) is 1.75. The number of nitro groups is 1. The van der Waals surface area contributed by atoms with Gasteiger partial charge in [0.2, 0.25) is 0 Å². The van der Waals surface area contributed by atoms with Gasteiger partial charge in [-0.05, 0) is 0 Å². The van der Waals surface area contributed by atoms with E-state index in [1.165, 1.54) is 6.55 Å². The Hall–Kier alpha value is -0.383. The molecule has 0 saturated heterocycles. The molecule has 28 valence electrons. The first-order valence-electron chi connectivity index (χ1n) is 1.09. The summed E-state index contributed by atoms with van der Waals surface area (Å²) in [5, 5.41) is 9.19. The SMILES string of the molecule is C[Si][N+](=O)[O-]. The molecule has 0 aliphatic rings. The van der Waals surface area contributed by atoms with Crippen LogP contribution in [0.3, 0.4) is 0 Å². The molecule has 0 amide bonds. The van der Waals surface area contributed by atoms with E-state index in [4.69, 9.17) is 0 Å². The van der Waals surface area contributed by atoms with Gasteiger partial charge in [0.25, 0.3) is 0 Å². The van der Waals surface area contributed by atoms with Gasteiger partial charge in [0.05, 0.1) is 0 Å². The lowest BCUT2D eigenvalue weighted by molar-refractivity contribution is -0.320. The molecule has 0 heterocycles. The molecule has 3 nitrogen and oxygen atoms in total. The van der Waals surface area contributed by atoms with Crippen LogP contribution in [0.15, 0.2) is 0 Å². The van der Waals surface area contributed by atoms with Gasteiger partial charge in [-0.2, -0.15) is 0 Å². The summed E-state index contributed by atoms with van der Waals surface area (Å²) in [4.78, 5) is 9.19. The molecule has 0 rings (SSSR count). The van der Waals surface area contributed by atoms with Crippen molar-refractivity contribution in [3.05, 3.63) is 10.1 Å². The first kappa shape index (κ1) is 4.62. The minimum atomic E-state index is -0.347. The Morgan fingerprint density at radius 3 is 2.20 bits per heavy atom. The Morgan fingerprint density at radius 1 is 2.00 bits per heavy atom. The third kappa shape index (κ3) is 3.62. The second-order valence-corrected chi connectivity index (χ2v) is 1.29. The van der Waals surface area contributed by atoms with Gasteiger partial charge >= 0.3 is 9.68 Å². The van der Waals surface area contributed by atoms with Crippen molar-refractivity contribution in [2.24, 2.45) is 0 Å². The fraction of sp³-hybridized carbons (Fsp3) is 1.00. The predicted octanol–water partition coefficient (Wildman–Crippen LogP) is -0.0696. The van der Waals surface area contributed by atoms with Crippen molar-refractivity contribution in [3.8, 4) is 0 Å². The van der Waals surface area contributed by atoms with Crippen LogP contribution in [-0.2, 0) is 0 Å². The average Bonchev–Trinajstić information content (AvgIpc) is 1.38. The summed E-state index contributed by atoms with van der Waals surface area (Å²) >= 11 is 0. The van der Waals surface area contributed by atoms with E-state index < -0.39 is 0 Å². The van der Waals surface area contributed by atoms with Gasteiger partial charge in [0.1, 0.15) is 0 Å². The third-order valence-corrected chi connectivity index (χ3v) is 0.548. The maximum atomic E-state index is 9.19. The van der Waals surface area contributed by atoms with E-state index >= 15 is 0 Å². The van der Waals surface area contributed by atoms with E-state index in [1.54, 1.807) is 0 Å². The third-order valence-electron chi connectivity index (χ3n) is 0.183. The summed E-state index contributed by atoms with van der Waals surface area (Å²) in [6.07, 6.45) is 0. The highest BCUT2D eigenvalue weighted by Crippen LogP contribution is 1.53. The molecule has 0 saturated carbocycles. The second kappa shape index (κ2) is 1.89. The molecule has 0 spiro atoms. The van der Waals surface area contributed by atoms with Crippen LogP contribution in [0.4, 0.5) is 0 Å². The quantitative estimate of drug-likeness (QED) is 0.256. The summed E-state index contributed by atoms with van der Waals surface area (Å²) < 4.78 is -0.347. The highest BCUT2D eigenvalue weighted by atomic mass is 28.2. The minimum Gasteiger partial charge on any atom is -0.290 e. The fourth-order valence-corrected chi connectivity index (χ4v) is 0. The number of hydrogen-bond acceptors (Lipinski definition) is 2. The van der Waals surface area contributed by atoms with E-state index in [-0.39, 0.29) is 14.3 Å². The van der Waals surface area contributed by atoms with E-state index in [2.05, 4.69) is 0 Å². The maximum Gasteiger partial charge on any atom is 0.551 e. The van der Waals surface area contributed by atoms with Crippen LogP contribution in [0.1, 0.15) is 0 Å². The van der Waals surface area contributed by atoms with Gasteiger partial charge in [0.15, 0.2) is 0 Å². The molecule has 0 atom stereocenters. The molecule has 0 bridgehead atoms. The van der Waals surface area contributed by atoms with Crippen LogP contribution in [-0.4, -0.2) is 14.3 Å². The van der Waals surface area contributed by atoms with Crippen LogP contribution in [0.2, 0.25) is 6.55 Å². The molecule has 0 aromatic carbocycles. The van der Waals surface area contributed by atoms with Crippen molar-refractivity contribution < 1.29 is 4.59 Å². The Balaban J connectivity index is 2.85. The first-order chi connectivity index (χ1) is 2.27. The molecular formula is CH3NO2Si. The van der Waals surface area contributed by atoms with Crippen LogP contribution in [0.5, 0.6) is 0 Å². The van der Waals surface area contributed by atoms with Gasteiger partial charge < -0.3 is 0 Å². The number of rotatable bonds is 1. The predicted molar refractivity (Wildman–Crippen MR) is 18.6 cm³/mol. The molecule has 0 aliphatic carbocycles. The average molecular weight is 89.1 g/mol. The van der Waals surface area contributed by atoms with Crippen molar-refractivity contribution >= 4 is 9.68 Å². The van der Waals surface area contributed by atoms with Crippen LogP contribution in [0.25, 0.3) is 0 Å². The molecule has 2 radical (unpaired) electrons. The van der Waals surface area contributed by atoms with Gasteiger partial charge in [-0.15, -0.1) is 0 Å². The van der Waals surface area contributed by atoms with Crippen LogP contribution in [0, 0.1) is 10.1 Å². The number of nitrogens with zero attached hydrogens (tertiary/aromatic N) is 1. The Bertz CT molecular complexity index is 44.9. The van der Waals surface area contributed by atoms with E-state index in [1.807, 2.05) is 0 Å². The fourth-order valence-electron chi connectivity index (χ4n) is 0. The van der Waals surface area contributed by atoms with Crippen molar-refractivity contribution in [2.75, 3.05) is 0 Å². The maximum absolute atomic E-state index is 9.19. The summed E-state index contributed by atoms with van der Waals surface area (Å²) in [5.74, 6) is 0. The molecule has 0 aromatic rings. The van der Waals surface area contributed by atoms with Crippen molar-refractivity contribution in [3.63, 3.8) is 0 Å². The molecule has 0 aliphatic heterocycles. The molecule has 0 aromatic heterocycles. The lowest BCUT2D eigenvalue weighted by atomic mass is 11.9. The summed E-state index contributed by atoms with van der Waals surface area (Å²) in [7, 11) is -0.164. The molecule has 5 heavy (non-hydrogen) atoms. The number of hydrogen-bond donors (Lipinski definition) is 0. The van der Waals surface area contributed by atoms with Gasteiger partial charge in [-0.3, -0.25) is 10.1 Å². The molecule has 0 N–H and O–H groups in total. The van der Waals surface area contributed by atoms with E-state index in [9.17, 15) is 10.1 Å². The van der Waals surface area contributed by atoms with Crippen molar-refractivity contribution in [1.82, 2.24) is 0 Å². The topological polar surface area (TPSA) is 43.1 Å². The summed E-state index contributed by atoms with van der Waals surface area (Å²) in [5.41, 5.74) is 0. The van der Waals surface area contributed by atoms with Crippen molar-refractivity contribution in [2.45, 2.75) is 6.55 Å². The van der Waals surface area contributed by atoms with Gasteiger partial charge in [-0.25, -0.2) is 0 Å². The van der Waals surface area contributed by atoms with E-state index in [0.29, 0.717) is 0 Å². The molecule has 0 fully saturated rings. The lowest BCUT2D eigenvalue weighted by Crippen LogP contribution is -1.97. The second-order valence-electron chi connectivity index (χ2n) is 0.481. The highest BCUT2D eigenvalue weighted by molar-refractivity contribution is 6.22. The smallest absolute Gasteiger partial charge is 0.290 e. The zero-order valence-electron chi connectivity index (χ0n) is 2.76. The highest BCUT2D eigenvalue weighted by Gasteiger charge is 1.89. The van der Waals surface area contributed by atoms with Crippen LogP contribution >= 0.6 is 0 Å². The monoisotopic (exact) mass is 89.0 g/mol.